The zero-order valence-corrected chi connectivity index (χ0v) is 10.2. The summed E-state index contributed by atoms with van der Waals surface area (Å²) < 4.78 is 57.2. The fourth-order valence-electron chi connectivity index (χ4n) is 1.30. The first-order valence-electron chi connectivity index (χ1n) is 5.58. The summed E-state index contributed by atoms with van der Waals surface area (Å²) in [4.78, 5) is 0. The third kappa shape index (κ3) is 3.87. The first-order chi connectivity index (χ1) is 8.43. The Balaban J connectivity index is 2.57. The predicted octanol–water partition coefficient (Wildman–Crippen LogP) is 3.33. The molecule has 0 aliphatic rings. The Hall–Kier alpha value is -1.30. The third-order valence-electron chi connectivity index (χ3n) is 2.11. The van der Waals surface area contributed by atoms with Crippen molar-refractivity contribution < 1.29 is 22.3 Å². The summed E-state index contributed by atoms with van der Waals surface area (Å²) in [6.07, 6.45) is 0. The van der Waals surface area contributed by atoms with E-state index in [0.29, 0.717) is 12.5 Å². The molecule has 0 saturated heterocycles. The summed E-state index contributed by atoms with van der Waals surface area (Å²) in [5.41, 5.74) is -0.805. The van der Waals surface area contributed by atoms with E-state index in [9.17, 15) is 17.6 Å². The highest BCUT2D eigenvalue weighted by atomic mass is 19.2. The largest absolute Gasteiger partial charge is 0.379 e. The zero-order valence-electron chi connectivity index (χ0n) is 10.2. The molecule has 0 bridgehead atoms. The molecule has 1 rings (SSSR count). The Bertz CT molecular complexity index is 383. The predicted molar refractivity (Wildman–Crippen MR) is 60.4 cm³/mol. The SMILES string of the molecule is CC(C)COCCNc1c(F)c(F)cc(F)c1F. The van der Waals surface area contributed by atoms with Crippen LogP contribution in [-0.2, 0) is 4.74 Å². The van der Waals surface area contributed by atoms with E-state index in [0.717, 1.165) is 0 Å². The van der Waals surface area contributed by atoms with Crippen molar-refractivity contribution in [2.45, 2.75) is 13.8 Å². The molecule has 1 aromatic carbocycles. The third-order valence-corrected chi connectivity index (χ3v) is 2.11. The monoisotopic (exact) mass is 265 g/mol. The van der Waals surface area contributed by atoms with Crippen LogP contribution >= 0.6 is 0 Å². The van der Waals surface area contributed by atoms with E-state index in [1.165, 1.54) is 0 Å². The number of hydrogen-bond acceptors (Lipinski definition) is 2. The lowest BCUT2D eigenvalue weighted by Gasteiger charge is -2.11. The van der Waals surface area contributed by atoms with Gasteiger partial charge in [0.15, 0.2) is 23.3 Å². The minimum absolute atomic E-state index is 0.0590. The van der Waals surface area contributed by atoms with Gasteiger partial charge in [-0.25, -0.2) is 17.6 Å². The van der Waals surface area contributed by atoms with Crippen LogP contribution in [0.5, 0.6) is 0 Å². The van der Waals surface area contributed by atoms with E-state index >= 15 is 0 Å². The van der Waals surface area contributed by atoms with Crippen molar-refractivity contribution in [1.82, 2.24) is 0 Å². The summed E-state index contributed by atoms with van der Waals surface area (Å²) >= 11 is 0. The smallest absolute Gasteiger partial charge is 0.185 e. The molecule has 0 aromatic heterocycles. The van der Waals surface area contributed by atoms with Gasteiger partial charge in [0.1, 0.15) is 5.69 Å². The van der Waals surface area contributed by atoms with Gasteiger partial charge in [-0.3, -0.25) is 0 Å². The Morgan fingerprint density at radius 1 is 1.11 bits per heavy atom. The second-order valence-electron chi connectivity index (χ2n) is 4.24. The van der Waals surface area contributed by atoms with Crippen LogP contribution < -0.4 is 5.32 Å². The van der Waals surface area contributed by atoms with E-state index in [4.69, 9.17) is 4.74 Å². The van der Waals surface area contributed by atoms with Gasteiger partial charge in [-0.1, -0.05) is 13.8 Å². The second-order valence-corrected chi connectivity index (χ2v) is 4.24. The van der Waals surface area contributed by atoms with Crippen molar-refractivity contribution in [3.05, 3.63) is 29.3 Å². The topological polar surface area (TPSA) is 21.3 Å². The van der Waals surface area contributed by atoms with Crippen molar-refractivity contribution >= 4 is 5.69 Å². The van der Waals surface area contributed by atoms with Crippen LogP contribution in [0.25, 0.3) is 0 Å². The van der Waals surface area contributed by atoms with Crippen LogP contribution in [0.2, 0.25) is 0 Å². The van der Waals surface area contributed by atoms with Gasteiger partial charge in [0.05, 0.1) is 6.61 Å². The zero-order chi connectivity index (χ0) is 13.7. The molecule has 1 aromatic rings. The number of hydrogen-bond donors (Lipinski definition) is 1. The summed E-state index contributed by atoms with van der Waals surface area (Å²) in [7, 11) is 0. The van der Waals surface area contributed by atoms with E-state index in [1.54, 1.807) is 0 Å². The molecule has 0 heterocycles. The molecule has 0 unspecified atom stereocenters. The average molecular weight is 265 g/mol. The number of rotatable bonds is 6. The molecular formula is C12H15F4NO. The van der Waals surface area contributed by atoms with Gasteiger partial charge in [0.25, 0.3) is 0 Å². The maximum Gasteiger partial charge on any atom is 0.185 e. The second kappa shape index (κ2) is 6.58. The highest BCUT2D eigenvalue weighted by molar-refractivity contribution is 5.47. The fraction of sp³-hybridized carbons (Fsp3) is 0.500. The summed E-state index contributed by atoms with van der Waals surface area (Å²) in [5.74, 6) is -5.39. The van der Waals surface area contributed by atoms with Gasteiger partial charge in [-0.15, -0.1) is 0 Å². The van der Waals surface area contributed by atoms with Crippen molar-refractivity contribution in [2.24, 2.45) is 5.92 Å². The van der Waals surface area contributed by atoms with Crippen LogP contribution in [0, 0.1) is 29.2 Å². The van der Waals surface area contributed by atoms with E-state index < -0.39 is 29.0 Å². The highest BCUT2D eigenvalue weighted by Gasteiger charge is 2.18. The van der Waals surface area contributed by atoms with Crippen molar-refractivity contribution in [3.63, 3.8) is 0 Å². The lowest BCUT2D eigenvalue weighted by atomic mass is 10.2. The minimum atomic E-state index is -1.43. The number of benzene rings is 1. The molecule has 102 valence electrons. The van der Waals surface area contributed by atoms with Gasteiger partial charge in [-0.05, 0) is 5.92 Å². The fourth-order valence-corrected chi connectivity index (χ4v) is 1.30. The lowest BCUT2D eigenvalue weighted by Crippen LogP contribution is -2.14. The van der Waals surface area contributed by atoms with E-state index in [1.807, 2.05) is 13.8 Å². The molecule has 0 amide bonds. The normalized spacial score (nSPS) is 11.1. The van der Waals surface area contributed by atoms with Crippen LogP contribution in [0.3, 0.4) is 0 Å². The molecule has 2 nitrogen and oxygen atoms in total. The van der Waals surface area contributed by atoms with Gasteiger partial charge >= 0.3 is 0 Å². The van der Waals surface area contributed by atoms with Crippen molar-refractivity contribution in [3.8, 4) is 0 Å². The molecule has 1 N–H and O–H groups in total. The first kappa shape index (κ1) is 14.8. The molecule has 0 aliphatic carbocycles. The molecule has 0 radical (unpaired) electrons. The summed E-state index contributed by atoms with van der Waals surface area (Å²) in [6, 6.07) is 0.172. The number of halogens is 4. The number of nitrogens with one attached hydrogen (secondary N) is 1. The summed E-state index contributed by atoms with van der Waals surface area (Å²) in [6.45, 7) is 4.66. The molecular weight excluding hydrogens is 250 g/mol. The first-order valence-corrected chi connectivity index (χ1v) is 5.58. The Kier molecular flexibility index (Phi) is 5.40. The van der Waals surface area contributed by atoms with Crippen molar-refractivity contribution in [2.75, 3.05) is 25.1 Å². The Morgan fingerprint density at radius 3 is 2.17 bits per heavy atom. The molecule has 0 aliphatic heterocycles. The van der Waals surface area contributed by atoms with Crippen LogP contribution in [-0.4, -0.2) is 19.8 Å². The average Bonchev–Trinajstić information content (AvgIpc) is 2.30. The van der Waals surface area contributed by atoms with Crippen LogP contribution in [0.15, 0.2) is 6.07 Å². The van der Waals surface area contributed by atoms with Gasteiger partial charge in [-0.2, -0.15) is 0 Å². The quantitative estimate of drug-likeness (QED) is 0.484. The van der Waals surface area contributed by atoms with E-state index in [-0.39, 0.29) is 19.2 Å². The molecule has 0 saturated carbocycles. The van der Waals surface area contributed by atoms with Gasteiger partial charge in [0, 0.05) is 19.2 Å². The van der Waals surface area contributed by atoms with Gasteiger partial charge < -0.3 is 10.1 Å². The van der Waals surface area contributed by atoms with Gasteiger partial charge in [0.2, 0.25) is 0 Å². The van der Waals surface area contributed by atoms with E-state index in [2.05, 4.69) is 5.32 Å². The number of anilines is 1. The van der Waals surface area contributed by atoms with Crippen LogP contribution in [0.1, 0.15) is 13.8 Å². The molecule has 6 heteroatoms. The Labute approximate surface area is 103 Å². The van der Waals surface area contributed by atoms with Crippen LogP contribution in [0.4, 0.5) is 23.2 Å². The Morgan fingerprint density at radius 2 is 1.67 bits per heavy atom. The highest BCUT2D eigenvalue weighted by Crippen LogP contribution is 2.23. The van der Waals surface area contributed by atoms with Crippen molar-refractivity contribution in [1.29, 1.82) is 0 Å². The molecule has 0 spiro atoms. The molecule has 0 fully saturated rings. The molecule has 18 heavy (non-hydrogen) atoms. The summed E-state index contributed by atoms with van der Waals surface area (Å²) in [5, 5.41) is 2.28. The maximum atomic E-state index is 13.2. The maximum absolute atomic E-state index is 13.2. The lowest BCUT2D eigenvalue weighted by molar-refractivity contribution is 0.118. The molecule has 0 atom stereocenters. The minimum Gasteiger partial charge on any atom is -0.379 e. The standard InChI is InChI=1S/C12H15F4NO/c1-7(2)6-18-4-3-17-12-10(15)8(13)5-9(14)11(12)16/h5,7,17H,3-4,6H2,1-2H3. The number of ether oxygens (including phenoxy) is 1.